The molecule has 0 radical (unpaired) electrons. The van der Waals surface area contributed by atoms with E-state index in [1.807, 2.05) is 0 Å². The Labute approximate surface area is 159 Å². The summed E-state index contributed by atoms with van der Waals surface area (Å²) in [7, 11) is 0. The first-order valence-electron chi connectivity index (χ1n) is 7.20. The minimum absolute atomic E-state index is 0.0779. The fraction of sp³-hybridized carbons (Fsp3) is 0. The predicted molar refractivity (Wildman–Crippen MR) is 101 cm³/mol. The standard InChI is InChI=1S/C18H11Cl2N3O3/c19-14-8-9-15(20)16(10-14)22-18(24)13(11-21)6-3-5-12-4-1-2-7-17(12)23(25)26/h1-10H,(H,22,24)/b5-3+,13-6+. The van der Waals surface area contributed by atoms with Crippen LogP contribution in [0.3, 0.4) is 0 Å². The SMILES string of the molecule is N#C/C(=C\C=C\c1ccccc1[N+](=O)[O-])C(=O)Nc1cc(Cl)ccc1Cl. The molecule has 0 aromatic heterocycles. The summed E-state index contributed by atoms with van der Waals surface area (Å²) in [5.74, 6) is -0.677. The molecule has 8 heteroatoms. The normalized spacial score (nSPS) is 11.2. The topological polar surface area (TPSA) is 96.0 Å². The van der Waals surface area contributed by atoms with Gasteiger partial charge in [0.2, 0.25) is 0 Å². The minimum atomic E-state index is -0.677. The molecule has 0 aliphatic carbocycles. The van der Waals surface area contributed by atoms with Gasteiger partial charge in [-0.3, -0.25) is 14.9 Å². The van der Waals surface area contributed by atoms with Gasteiger partial charge in [0, 0.05) is 11.1 Å². The van der Waals surface area contributed by atoms with Crippen molar-refractivity contribution in [2.75, 3.05) is 5.32 Å². The van der Waals surface area contributed by atoms with Crippen molar-refractivity contribution in [3.8, 4) is 6.07 Å². The number of hydrogen-bond acceptors (Lipinski definition) is 4. The number of nitro benzene ring substituents is 1. The summed E-state index contributed by atoms with van der Waals surface area (Å²) in [4.78, 5) is 22.6. The second-order valence-corrected chi connectivity index (χ2v) is 5.79. The van der Waals surface area contributed by atoms with Gasteiger partial charge in [0.1, 0.15) is 11.6 Å². The van der Waals surface area contributed by atoms with Gasteiger partial charge in [-0.2, -0.15) is 5.26 Å². The highest BCUT2D eigenvalue weighted by Crippen LogP contribution is 2.25. The van der Waals surface area contributed by atoms with E-state index >= 15 is 0 Å². The van der Waals surface area contributed by atoms with E-state index in [0.717, 1.165) is 0 Å². The summed E-state index contributed by atoms with van der Waals surface area (Å²) in [5, 5.41) is 23.3. The van der Waals surface area contributed by atoms with Crippen molar-refractivity contribution in [2.45, 2.75) is 0 Å². The third-order valence-corrected chi connectivity index (χ3v) is 3.78. The van der Waals surface area contributed by atoms with Crippen LogP contribution in [-0.2, 0) is 4.79 Å². The maximum absolute atomic E-state index is 12.2. The molecule has 0 saturated heterocycles. The smallest absolute Gasteiger partial charge is 0.276 e. The molecule has 26 heavy (non-hydrogen) atoms. The van der Waals surface area contributed by atoms with Crippen LogP contribution in [0.25, 0.3) is 6.08 Å². The average Bonchev–Trinajstić information content (AvgIpc) is 2.62. The van der Waals surface area contributed by atoms with E-state index in [-0.39, 0.29) is 22.0 Å². The Bertz CT molecular complexity index is 962. The van der Waals surface area contributed by atoms with Crippen LogP contribution in [0.15, 0.2) is 60.2 Å². The summed E-state index contributed by atoms with van der Waals surface area (Å²) < 4.78 is 0. The molecule has 0 fully saturated rings. The molecule has 6 nitrogen and oxygen atoms in total. The number of nitrogens with zero attached hydrogens (tertiary/aromatic N) is 2. The summed E-state index contributed by atoms with van der Waals surface area (Å²) in [5.41, 5.74) is 0.346. The first kappa shape index (κ1) is 19.2. The molecule has 0 unspecified atom stereocenters. The Morgan fingerprint density at radius 3 is 2.65 bits per heavy atom. The molecule has 0 saturated carbocycles. The number of hydrogen-bond donors (Lipinski definition) is 1. The van der Waals surface area contributed by atoms with Crippen LogP contribution in [0.2, 0.25) is 10.0 Å². The van der Waals surface area contributed by atoms with Crippen molar-refractivity contribution >= 4 is 46.6 Å². The van der Waals surface area contributed by atoms with Gasteiger partial charge in [0.05, 0.1) is 21.2 Å². The summed E-state index contributed by atoms with van der Waals surface area (Å²) in [6.07, 6.45) is 4.08. The number of carbonyl (C=O) groups excluding carboxylic acids is 1. The predicted octanol–water partition coefficient (Wildman–Crippen LogP) is 5.00. The van der Waals surface area contributed by atoms with Gasteiger partial charge in [-0.25, -0.2) is 0 Å². The van der Waals surface area contributed by atoms with Crippen molar-refractivity contribution < 1.29 is 9.72 Å². The van der Waals surface area contributed by atoms with Crippen molar-refractivity contribution in [3.63, 3.8) is 0 Å². The van der Waals surface area contributed by atoms with Gasteiger partial charge in [-0.05, 0) is 36.4 Å². The number of para-hydroxylation sites is 1. The van der Waals surface area contributed by atoms with Crippen molar-refractivity contribution in [1.29, 1.82) is 5.26 Å². The van der Waals surface area contributed by atoms with E-state index in [1.165, 1.54) is 36.4 Å². The third-order valence-electron chi connectivity index (χ3n) is 3.21. The zero-order chi connectivity index (χ0) is 19.1. The van der Waals surface area contributed by atoms with Gasteiger partial charge >= 0.3 is 0 Å². The summed E-state index contributed by atoms with van der Waals surface area (Å²) in [6, 6.07) is 12.4. The lowest BCUT2D eigenvalue weighted by atomic mass is 10.1. The highest BCUT2D eigenvalue weighted by Gasteiger charge is 2.12. The molecule has 1 amide bonds. The van der Waals surface area contributed by atoms with Crippen LogP contribution >= 0.6 is 23.2 Å². The van der Waals surface area contributed by atoms with Crippen LogP contribution < -0.4 is 5.32 Å². The Morgan fingerprint density at radius 2 is 1.96 bits per heavy atom. The number of nitrogens with one attached hydrogen (secondary N) is 1. The van der Waals surface area contributed by atoms with Crippen molar-refractivity contribution in [3.05, 3.63) is 85.9 Å². The zero-order valence-electron chi connectivity index (χ0n) is 13.1. The average molecular weight is 388 g/mol. The summed E-state index contributed by atoms with van der Waals surface area (Å²) >= 11 is 11.8. The van der Waals surface area contributed by atoms with Crippen molar-refractivity contribution in [1.82, 2.24) is 0 Å². The molecule has 130 valence electrons. The zero-order valence-corrected chi connectivity index (χ0v) is 14.7. The van der Waals surface area contributed by atoms with Gasteiger partial charge in [0.25, 0.3) is 11.6 Å². The quantitative estimate of drug-likeness (QED) is 0.256. The largest absolute Gasteiger partial charge is 0.320 e. The number of rotatable bonds is 5. The Balaban J connectivity index is 2.20. The third kappa shape index (κ3) is 4.93. The van der Waals surface area contributed by atoms with Crippen LogP contribution in [0, 0.1) is 21.4 Å². The second-order valence-electron chi connectivity index (χ2n) is 4.95. The number of nitriles is 1. The number of nitro groups is 1. The van der Waals surface area contributed by atoms with Crippen LogP contribution in [0.5, 0.6) is 0 Å². The van der Waals surface area contributed by atoms with Gasteiger partial charge in [-0.1, -0.05) is 41.4 Å². The summed E-state index contributed by atoms with van der Waals surface area (Å²) in [6.45, 7) is 0. The van der Waals surface area contributed by atoms with E-state index < -0.39 is 10.8 Å². The second kappa shape index (κ2) is 8.81. The lowest BCUT2D eigenvalue weighted by Gasteiger charge is -2.06. The molecule has 0 bridgehead atoms. The lowest BCUT2D eigenvalue weighted by molar-refractivity contribution is -0.385. The first-order chi connectivity index (χ1) is 12.4. The number of anilines is 1. The number of carbonyl (C=O) groups is 1. The Kier molecular flexibility index (Phi) is 6.50. The highest BCUT2D eigenvalue weighted by atomic mass is 35.5. The van der Waals surface area contributed by atoms with E-state index in [4.69, 9.17) is 28.5 Å². The molecule has 0 atom stereocenters. The Hall–Kier alpha value is -3.14. The molecule has 2 aromatic carbocycles. The fourth-order valence-electron chi connectivity index (χ4n) is 1.99. The van der Waals surface area contributed by atoms with Gasteiger partial charge in [0.15, 0.2) is 0 Å². The number of benzene rings is 2. The maximum atomic E-state index is 12.2. The van der Waals surface area contributed by atoms with Crippen molar-refractivity contribution in [2.24, 2.45) is 0 Å². The number of halogens is 2. The van der Waals surface area contributed by atoms with E-state index in [9.17, 15) is 14.9 Å². The van der Waals surface area contributed by atoms with E-state index in [1.54, 1.807) is 30.3 Å². The van der Waals surface area contributed by atoms with Crippen LogP contribution in [0.4, 0.5) is 11.4 Å². The van der Waals surface area contributed by atoms with E-state index in [0.29, 0.717) is 10.6 Å². The molecule has 0 aliphatic rings. The maximum Gasteiger partial charge on any atom is 0.276 e. The van der Waals surface area contributed by atoms with E-state index in [2.05, 4.69) is 5.32 Å². The molecule has 0 aliphatic heterocycles. The molecular formula is C18H11Cl2N3O3. The molecule has 2 rings (SSSR count). The molecule has 0 spiro atoms. The molecule has 0 heterocycles. The number of amides is 1. The Morgan fingerprint density at radius 1 is 1.23 bits per heavy atom. The molecule has 1 N–H and O–H groups in total. The highest BCUT2D eigenvalue weighted by molar-refractivity contribution is 6.36. The molecule has 2 aromatic rings. The lowest BCUT2D eigenvalue weighted by Crippen LogP contribution is -2.13. The van der Waals surface area contributed by atoms with Gasteiger partial charge in [-0.15, -0.1) is 0 Å². The number of allylic oxidation sites excluding steroid dienone is 2. The molecular weight excluding hydrogens is 377 g/mol. The van der Waals surface area contributed by atoms with Gasteiger partial charge < -0.3 is 5.32 Å². The monoisotopic (exact) mass is 387 g/mol. The van der Waals surface area contributed by atoms with Crippen LogP contribution in [0.1, 0.15) is 5.56 Å². The fourth-order valence-corrected chi connectivity index (χ4v) is 2.33. The minimum Gasteiger partial charge on any atom is -0.320 e. The first-order valence-corrected chi connectivity index (χ1v) is 7.96. The van der Waals surface area contributed by atoms with Crippen LogP contribution in [-0.4, -0.2) is 10.8 Å².